The molecule has 1 aliphatic heterocycles. The average Bonchev–Trinajstić information content (AvgIpc) is 3.20. The molecular weight excluding hydrogens is 491 g/mol. The van der Waals surface area contributed by atoms with E-state index in [9.17, 15) is 4.79 Å². The first-order chi connectivity index (χ1) is 14.5. The Labute approximate surface area is 192 Å². The molecule has 1 atom stereocenters. The fourth-order valence-corrected chi connectivity index (χ4v) is 4.07. The Morgan fingerprint density at radius 1 is 1.23 bits per heavy atom. The standard InChI is InChI=1S/C21H19BrCl2N4O2/c22-15-5-3-13(4-6-15)20-26-19(30-27-20)12-28-9-1-2-14(11-28)21(29)25-18-10-16(23)7-8-17(18)24/h3-8,10,14H,1-2,9,11-12H2,(H,25,29). The van der Waals surface area contributed by atoms with E-state index in [0.29, 0.717) is 40.5 Å². The number of piperidine rings is 1. The summed E-state index contributed by atoms with van der Waals surface area (Å²) in [5.41, 5.74) is 1.42. The molecule has 30 heavy (non-hydrogen) atoms. The summed E-state index contributed by atoms with van der Waals surface area (Å²) >= 11 is 15.6. The molecule has 3 aromatic rings. The Hall–Kier alpha value is -1.93. The molecule has 0 aliphatic carbocycles. The van der Waals surface area contributed by atoms with Crippen LogP contribution in [0.3, 0.4) is 0 Å². The minimum Gasteiger partial charge on any atom is -0.338 e. The number of carbonyl (C=O) groups is 1. The van der Waals surface area contributed by atoms with Crippen LogP contribution >= 0.6 is 39.1 Å². The molecular formula is C21H19BrCl2N4O2. The van der Waals surface area contributed by atoms with Crippen molar-refractivity contribution in [2.24, 2.45) is 5.92 Å². The van der Waals surface area contributed by atoms with Gasteiger partial charge in [-0.05, 0) is 61.9 Å². The molecule has 1 amide bonds. The van der Waals surface area contributed by atoms with Crippen LogP contribution in [-0.2, 0) is 11.3 Å². The number of hydrogen-bond acceptors (Lipinski definition) is 5. The Kier molecular flexibility index (Phi) is 6.73. The van der Waals surface area contributed by atoms with E-state index in [2.05, 4.69) is 36.3 Å². The van der Waals surface area contributed by atoms with Gasteiger partial charge in [-0.15, -0.1) is 0 Å². The maximum absolute atomic E-state index is 12.8. The number of hydrogen-bond donors (Lipinski definition) is 1. The van der Waals surface area contributed by atoms with Crippen LogP contribution in [0.4, 0.5) is 5.69 Å². The molecule has 1 saturated heterocycles. The van der Waals surface area contributed by atoms with Crippen LogP contribution < -0.4 is 5.32 Å². The van der Waals surface area contributed by atoms with Crippen molar-refractivity contribution in [3.05, 3.63) is 62.9 Å². The van der Waals surface area contributed by atoms with Crippen LogP contribution in [0.25, 0.3) is 11.4 Å². The summed E-state index contributed by atoms with van der Waals surface area (Å²) in [7, 11) is 0. The van der Waals surface area contributed by atoms with Crippen molar-refractivity contribution in [2.45, 2.75) is 19.4 Å². The minimum absolute atomic E-state index is 0.0649. The summed E-state index contributed by atoms with van der Waals surface area (Å²) in [5.74, 6) is 0.874. The summed E-state index contributed by atoms with van der Waals surface area (Å²) < 4.78 is 6.42. The fourth-order valence-electron chi connectivity index (χ4n) is 3.47. The smallest absolute Gasteiger partial charge is 0.241 e. The van der Waals surface area contributed by atoms with Gasteiger partial charge in [-0.3, -0.25) is 9.69 Å². The number of nitrogens with one attached hydrogen (secondary N) is 1. The maximum atomic E-state index is 12.8. The van der Waals surface area contributed by atoms with Gasteiger partial charge in [0, 0.05) is 21.6 Å². The highest BCUT2D eigenvalue weighted by molar-refractivity contribution is 9.10. The predicted molar refractivity (Wildman–Crippen MR) is 121 cm³/mol. The van der Waals surface area contributed by atoms with E-state index < -0.39 is 0 Å². The summed E-state index contributed by atoms with van der Waals surface area (Å²) in [4.78, 5) is 19.4. The number of carbonyl (C=O) groups excluding carboxylic acids is 1. The summed E-state index contributed by atoms with van der Waals surface area (Å²) in [6.07, 6.45) is 1.73. The first-order valence-corrected chi connectivity index (χ1v) is 11.1. The Morgan fingerprint density at radius 2 is 2.03 bits per heavy atom. The molecule has 2 aromatic carbocycles. The third-order valence-electron chi connectivity index (χ3n) is 4.99. The second-order valence-corrected chi connectivity index (χ2v) is 8.97. The average molecular weight is 510 g/mol. The third kappa shape index (κ3) is 5.21. The molecule has 0 spiro atoms. The van der Waals surface area contributed by atoms with Gasteiger partial charge in [-0.2, -0.15) is 4.98 Å². The zero-order valence-electron chi connectivity index (χ0n) is 15.9. The molecule has 1 N–H and O–H groups in total. The molecule has 1 unspecified atom stereocenters. The van der Waals surface area contributed by atoms with Crippen molar-refractivity contribution in [1.29, 1.82) is 0 Å². The molecule has 9 heteroatoms. The second kappa shape index (κ2) is 9.47. The molecule has 1 aromatic heterocycles. The molecule has 1 aliphatic rings. The zero-order valence-corrected chi connectivity index (χ0v) is 19.0. The number of amides is 1. The third-order valence-corrected chi connectivity index (χ3v) is 6.09. The number of aromatic nitrogens is 2. The summed E-state index contributed by atoms with van der Waals surface area (Å²) in [5, 5.41) is 7.96. The molecule has 2 heterocycles. The predicted octanol–water partition coefficient (Wildman–Crippen LogP) is 5.66. The lowest BCUT2D eigenvalue weighted by molar-refractivity contribution is -0.121. The van der Waals surface area contributed by atoms with Crippen LogP contribution in [0.2, 0.25) is 10.0 Å². The topological polar surface area (TPSA) is 71.3 Å². The summed E-state index contributed by atoms with van der Waals surface area (Å²) in [6.45, 7) is 1.99. The van der Waals surface area contributed by atoms with Crippen LogP contribution in [0.15, 0.2) is 51.5 Å². The molecule has 4 rings (SSSR count). The first-order valence-electron chi connectivity index (χ1n) is 9.55. The van der Waals surface area contributed by atoms with E-state index in [-0.39, 0.29) is 11.8 Å². The van der Waals surface area contributed by atoms with Gasteiger partial charge in [-0.25, -0.2) is 0 Å². The Balaban J connectivity index is 1.38. The molecule has 6 nitrogen and oxygen atoms in total. The van der Waals surface area contributed by atoms with E-state index >= 15 is 0 Å². The maximum Gasteiger partial charge on any atom is 0.241 e. The number of halogens is 3. The molecule has 0 saturated carbocycles. The molecule has 1 fully saturated rings. The van der Waals surface area contributed by atoms with Gasteiger partial charge in [0.2, 0.25) is 17.6 Å². The van der Waals surface area contributed by atoms with E-state index in [0.717, 1.165) is 29.4 Å². The van der Waals surface area contributed by atoms with Crippen LogP contribution in [0.1, 0.15) is 18.7 Å². The van der Waals surface area contributed by atoms with Crippen molar-refractivity contribution in [3.8, 4) is 11.4 Å². The largest absolute Gasteiger partial charge is 0.338 e. The van der Waals surface area contributed by atoms with Gasteiger partial charge in [0.1, 0.15) is 0 Å². The highest BCUT2D eigenvalue weighted by atomic mass is 79.9. The summed E-state index contributed by atoms with van der Waals surface area (Å²) in [6, 6.07) is 12.8. The van der Waals surface area contributed by atoms with Gasteiger partial charge in [0.05, 0.1) is 23.2 Å². The highest BCUT2D eigenvalue weighted by Crippen LogP contribution is 2.27. The van der Waals surface area contributed by atoms with Crippen molar-refractivity contribution in [3.63, 3.8) is 0 Å². The SMILES string of the molecule is O=C(Nc1cc(Cl)ccc1Cl)C1CCCN(Cc2nc(-c3ccc(Br)cc3)no2)C1. The lowest BCUT2D eigenvalue weighted by Crippen LogP contribution is -2.40. The number of benzene rings is 2. The van der Waals surface area contributed by atoms with E-state index in [1.54, 1.807) is 18.2 Å². The number of likely N-dealkylation sites (tertiary alicyclic amines) is 1. The fraction of sp³-hybridized carbons (Fsp3) is 0.286. The van der Waals surface area contributed by atoms with Gasteiger partial charge in [0.25, 0.3) is 0 Å². The monoisotopic (exact) mass is 508 g/mol. The lowest BCUT2D eigenvalue weighted by Gasteiger charge is -2.30. The van der Waals surface area contributed by atoms with Crippen LogP contribution in [0, 0.1) is 5.92 Å². The van der Waals surface area contributed by atoms with E-state index in [4.69, 9.17) is 27.7 Å². The van der Waals surface area contributed by atoms with Crippen LogP contribution in [-0.4, -0.2) is 34.0 Å². The second-order valence-electron chi connectivity index (χ2n) is 7.21. The van der Waals surface area contributed by atoms with Crippen molar-refractivity contribution >= 4 is 50.7 Å². The van der Waals surface area contributed by atoms with Gasteiger partial charge < -0.3 is 9.84 Å². The van der Waals surface area contributed by atoms with E-state index in [1.165, 1.54) is 0 Å². The molecule has 0 bridgehead atoms. The number of nitrogens with zero attached hydrogens (tertiary/aromatic N) is 3. The zero-order chi connectivity index (χ0) is 21.1. The number of anilines is 1. The molecule has 0 radical (unpaired) electrons. The lowest BCUT2D eigenvalue weighted by atomic mass is 9.97. The molecule has 156 valence electrons. The van der Waals surface area contributed by atoms with Gasteiger partial charge in [-0.1, -0.05) is 44.3 Å². The minimum atomic E-state index is -0.150. The van der Waals surface area contributed by atoms with E-state index in [1.807, 2.05) is 24.3 Å². The quantitative estimate of drug-likeness (QED) is 0.480. The van der Waals surface area contributed by atoms with Crippen LogP contribution in [0.5, 0.6) is 0 Å². The van der Waals surface area contributed by atoms with Crippen molar-refractivity contribution < 1.29 is 9.32 Å². The normalized spacial score (nSPS) is 17.1. The first kappa shape index (κ1) is 21.3. The van der Waals surface area contributed by atoms with Crippen molar-refractivity contribution in [2.75, 3.05) is 18.4 Å². The Morgan fingerprint density at radius 3 is 2.83 bits per heavy atom. The van der Waals surface area contributed by atoms with Gasteiger partial charge >= 0.3 is 0 Å². The Bertz CT molecular complexity index is 1040. The number of rotatable bonds is 5. The van der Waals surface area contributed by atoms with Gasteiger partial charge in [0.15, 0.2) is 0 Å². The van der Waals surface area contributed by atoms with Crippen molar-refractivity contribution in [1.82, 2.24) is 15.0 Å². The highest BCUT2D eigenvalue weighted by Gasteiger charge is 2.27.